The minimum Gasteiger partial charge on any atom is -0.495 e. The van der Waals surface area contributed by atoms with Crippen LogP contribution in [-0.4, -0.2) is 92.8 Å². The number of likely N-dealkylation sites (tertiary alicyclic amines) is 1. The van der Waals surface area contributed by atoms with E-state index in [0.717, 1.165) is 12.8 Å². The second-order valence-electron chi connectivity index (χ2n) is 9.88. The van der Waals surface area contributed by atoms with E-state index in [9.17, 15) is 19.5 Å². The Bertz CT molecular complexity index is 1490. The van der Waals surface area contributed by atoms with Gasteiger partial charge in [0.2, 0.25) is 11.9 Å². The number of primary amides is 1. The predicted octanol–water partition coefficient (Wildman–Crippen LogP) is 1.99. The standard InChI is InChI=1S/C28H35N9O5/c1-5-23(39)36-8-6-7-20(16-36)37-15-19(13-31-37)32-28-30-14-21(25(29)40)26(34-28)33-24-17(2)11-18(12-22(24)42-4)27(41)35(3)9-10-38/h5,11-15,20,38H,1,6-10,16H2,2-4H3,(H2,29,40)(H2,30,32,33,34)/t20-/m0/s1. The maximum Gasteiger partial charge on any atom is 0.254 e. The summed E-state index contributed by atoms with van der Waals surface area (Å²) in [5, 5.41) is 19.8. The fourth-order valence-corrected chi connectivity index (χ4v) is 4.74. The van der Waals surface area contributed by atoms with Crippen molar-refractivity contribution in [2.45, 2.75) is 25.8 Å². The summed E-state index contributed by atoms with van der Waals surface area (Å²) in [5.41, 5.74) is 7.77. The maximum atomic E-state index is 12.8. The highest BCUT2D eigenvalue weighted by Crippen LogP contribution is 2.34. The van der Waals surface area contributed by atoms with Crippen molar-refractivity contribution in [1.82, 2.24) is 29.5 Å². The number of benzene rings is 1. The number of piperidine rings is 1. The number of rotatable bonds is 11. The Hall–Kier alpha value is -4.98. The van der Waals surface area contributed by atoms with Crippen LogP contribution in [0.2, 0.25) is 0 Å². The first-order chi connectivity index (χ1) is 20.1. The van der Waals surface area contributed by atoms with Crippen LogP contribution in [0, 0.1) is 6.92 Å². The molecule has 3 aromatic rings. The molecule has 0 bridgehead atoms. The molecule has 0 aliphatic carbocycles. The van der Waals surface area contributed by atoms with Crippen LogP contribution in [-0.2, 0) is 4.79 Å². The van der Waals surface area contributed by atoms with E-state index in [2.05, 4.69) is 32.3 Å². The predicted molar refractivity (Wildman–Crippen MR) is 156 cm³/mol. The molecule has 3 heterocycles. The molecule has 0 saturated carbocycles. The lowest BCUT2D eigenvalue weighted by molar-refractivity contribution is -0.127. The van der Waals surface area contributed by atoms with Gasteiger partial charge in [-0.1, -0.05) is 6.58 Å². The first kappa shape index (κ1) is 30.0. The van der Waals surface area contributed by atoms with Gasteiger partial charge in [-0.3, -0.25) is 19.1 Å². The Kier molecular flexibility index (Phi) is 9.37. The molecule has 1 atom stereocenters. The third-order valence-electron chi connectivity index (χ3n) is 6.96. The van der Waals surface area contributed by atoms with Gasteiger partial charge in [-0.05, 0) is 43.5 Å². The molecule has 14 heteroatoms. The van der Waals surface area contributed by atoms with Gasteiger partial charge >= 0.3 is 0 Å². The largest absolute Gasteiger partial charge is 0.495 e. The summed E-state index contributed by atoms with van der Waals surface area (Å²) in [4.78, 5) is 48.9. The van der Waals surface area contributed by atoms with Gasteiger partial charge < -0.3 is 36.0 Å². The second-order valence-corrected chi connectivity index (χ2v) is 9.88. The summed E-state index contributed by atoms with van der Waals surface area (Å²) in [6.07, 6.45) is 7.80. The molecule has 0 radical (unpaired) electrons. The third kappa shape index (κ3) is 6.66. The van der Waals surface area contributed by atoms with Crippen LogP contribution in [0.5, 0.6) is 5.75 Å². The smallest absolute Gasteiger partial charge is 0.254 e. The van der Waals surface area contributed by atoms with Gasteiger partial charge in [0.05, 0.1) is 37.3 Å². The number of aromatic nitrogens is 4. The average molecular weight is 578 g/mol. The molecule has 0 spiro atoms. The molecule has 1 aromatic carbocycles. The molecule has 3 amide bonds. The molecule has 1 fully saturated rings. The van der Waals surface area contributed by atoms with Crippen molar-refractivity contribution >= 4 is 40.9 Å². The summed E-state index contributed by atoms with van der Waals surface area (Å²) in [6.45, 7) is 6.60. The summed E-state index contributed by atoms with van der Waals surface area (Å²) in [5.74, 6) is -0.453. The molecular formula is C28H35N9O5. The molecular weight excluding hydrogens is 542 g/mol. The van der Waals surface area contributed by atoms with E-state index in [1.54, 1.807) is 41.9 Å². The number of anilines is 4. The Balaban J connectivity index is 1.57. The number of hydrogen-bond donors (Lipinski definition) is 4. The summed E-state index contributed by atoms with van der Waals surface area (Å²) in [7, 11) is 3.06. The van der Waals surface area contributed by atoms with E-state index in [1.165, 1.54) is 24.3 Å². The van der Waals surface area contributed by atoms with E-state index in [1.807, 2.05) is 6.20 Å². The number of aryl methyl sites for hydroxylation is 1. The highest BCUT2D eigenvalue weighted by atomic mass is 16.5. The van der Waals surface area contributed by atoms with Crippen LogP contribution in [0.15, 0.2) is 43.4 Å². The highest BCUT2D eigenvalue weighted by Gasteiger charge is 2.24. The fourth-order valence-electron chi connectivity index (χ4n) is 4.74. The van der Waals surface area contributed by atoms with Crippen molar-refractivity contribution in [1.29, 1.82) is 0 Å². The minimum absolute atomic E-state index is 0.0160. The number of aliphatic hydroxyl groups excluding tert-OH is 1. The molecule has 42 heavy (non-hydrogen) atoms. The lowest BCUT2D eigenvalue weighted by atomic mass is 10.1. The lowest BCUT2D eigenvalue weighted by Gasteiger charge is -2.32. The van der Waals surface area contributed by atoms with Crippen LogP contribution in [0.4, 0.5) is 23.1 Å². The van der Waals surface area contributed by atoms with Crippen LogP contribution in [0.3, 0.4) is 0 Å². The Morgan fingerprint density at radius 1 is 1.29 bits per heavy atom. The molecule has 0 unspecified atom stereocenters. The number of nitrogens with one attached hydrogen (secondary N) is 2. The molecule has 2 aromatic heterocycles. The first-order valence-corrected chi connectivity index (χ1v) is 13.4. The van der Waals surface area contributed by atoms with Crippen molar-refractivity contribution in [2.24, 2.45) is 5.73 Å². The number of likely N-dealkylation sites (N-methyl/N-ethyl adjacent to an activating group) is 1. The monoisotopic (exact) mass is 577 g/mol. The number of nitrogens with two attached hydrogens (primary N) is 1. The van der Waals surface area contributed by atoms with Gasteiger partial charge in [0.1, 0.15) is 17.1 Å². The van der Waals surface area contributed by atoms with Crippen molar-refractivity contribution in [3.8, 4) is 5.75 Å². The van der Waals surface area contributed by atoms with Gasteiger partial charge in [0.25, 0.3) is 11.8 Å². The van der Waals surface area contributed by atoms with E-state index < -0.39 is 5.91 Å². The number of nitrogens with zero attached hydrogens (tertiary/aromatic N) is 6. The lowest BCUT2D eigenvalue weighted by Crippen LogP contribution is -2.39. The van der Waals surface area contributed by atoms with Crippen LogP contribution in [0.25, 0.3) is 0 Å². The Morgan fingerprint density at radius 2 is 2.07 bits per heavy atom. The minimum atomic E-state index is -0.734. The highest BCUT2D eigenvalue weighted by molar-refractivity contribution is 5.99. The normalized spacial score (nSPS) is 14.7. The van der Waals surface area contributed by atoms with Crippen LogP contribution < -0.4 is 21.1 Å². The van der Waals surface area contributed by atoms with Gasteiger partial charge in [-0.2, -0.15) is 10.1 Å². The van der Waals surface area contributed by atoms with E-state index in [-0.39, 0.29) is 48.3 Å². The van der Waals surface area contributed by atoms with Crippen molar-refractivity contribution in [3.63, 3.8) is 0 Å². The summed E-state index contributed by atoms with van der Waals surface area (Å²) in [6, 6.07) is 3.26. The third-order valence-corrected chi connectivity index (χ3v) is 6.96. The molecule has 4 rings (SSSR count). The molecule has 1 saturated heterocycles. The number of carbonyl (C=O) groups excluding carboxylic acids is 3. The molecule has 14 nitrogen and oxygen atoms in total. The number of aliphatic hydroxyl groups is 1. The van der Waals surface area contributed by atoms with Crippen molar-refractivity contribution in [3.05, 3.63) is 60.1 Å². The van der Waals surface area contributed by atoms with Gasteiger partial charge in [-0.25, -0.2) is 4.98 Å². The topological polar surface area (TPSA) is 181 Å². The number of carbonyl (C=O) groups is 3. The zero-order valence-corrected chi connectivity index (χ0v) is 23.8. The molecule has 222 valence electrons. The zero-order chi connectivity index (χ0) is 30.4. The summed E-state index contributed by atoms with van der Waals surface area (Å²) >= 11 is 0. The van der Waals surface area contributed by atoms with Crippen LogP contribution >= 0.6 is 0 Å². The van der Waals surface area contributed by atoms with Crippen LogP contribution in [0.1, 0.15) is 45.2 Å². The molecule has 5 N–H and O–H groups in total. The molecule has 1 aliphatic heterocycles. The fraction of sp³-hybridized carbons (Fsp3) is 0.357. The number of hydrogen-bond acceptors (Lipinski definition) is 10. The van der Waals surface area contributed by atoms with E-state index in [0.29, 0.717) is 41.3 Å². The zero-order valence-electron chi connectivity index (χ0n) is 23.8. The Morgan fingerprint density at radius 3 is 2.76 bits per heavy atom. The number of ether oxygens (including phenoxy) is 1. The average Bonchev–Trinajstić information content (AvgIpc) is 3.45. The Labute approximate surface area is 243 Å². The van der Waals surface area contributed by atoms with Gasteiger partial charge in [-0.15, -0.1) is 0 Å². The second kappa shape index (κ2) is 13.1. The first-order valence-electron chi connectivity index (χ1n) is 13.4. The van der Waals surface area contributed by atoms with Crippen molar-refractivity contribution in [2.75, 3.05) is 51.0 Å². The quantitative estimate of drug-likeness (QED) is 0.246. The maximum absolute atomic E-state index is 12.8. The van der Waals surface area contributed by atoms with E-state index in [4.69, 9.17) is 10.5 Å². The van der Waals surface area contributed by atoms with Gasteiger partial charge in [0.15, 0.2) is 0 Å². The van der Waals surface area contributed by atoms with Gasteiger partial charge in [0, 0.05) is 44.6 Å². The number of methoxy groups -OCH3 is 1. The SMILES string of the molecule is C=CC(=O)N1CCC[C@H](n2cc(Nc3ncc(C(N)=O)c(Nc4c(C)cc(C(=O)N(C)CCO)cc4OC)n3)cn2)C1. The summed E-state index contributed by atoms with van der Waals surface area (Å²) < 4.78 is 7.35. The number of amides is 3. The molecule has 1 aliphatic rings. The van der Waals surface area contributed by atoms with Crippen molar-refractivity contribution < 1.29 is 24.2 Å². The van der Waals surface area contributed by atoms with E-state index >= 15 is 0 Å².